The third-order valence-corrected chi connectivity index (χ3v) is 7.92. The van der Waals surface area contributed by atoms with Crippen molar-refractivity contribution in [2.75, 3.05) is 24.9 Å². The van der Waals surface area contributed by atoms with Crippen LogP contribution in [0.25, 0.3) is 10.9 Å². The first-order chi connectivity index (χ1) is 16.6. The Labute approximate surface area is 200 Å². The van der Waals surface area contributed by atoms with E-state index in [-0.39, 0.29) is 27.8 Å². The maximum atomic E-state index is 14.7. The van der Waals surface area contributed by atoms with E-state index in [2.05, 4.69) is 16.6 Å². The van der Waals surface area contributed by atoms with Crippen LogP contribution in [0.1, 0.15) is 25.3 Å². The van der Waals surface area contributed by atoms with Crippen LogP contribution in [0.15, 0.2) is 41.5 Å². The Morgan fingerprint density at radius 2 is 2.00 bits per heavy atom. The molecule has 182 valence electrons. The Morgan fingerprint density at radius 1 is 1.26 bits per heavy atom. The van der Waals surface area contributed by atoms with Crippen LogP contribution in [0.5, 0.6) is 11.5 Å². The lowest BCUT2D eigenvalue weighted by molar-refractivity contribution is -0.0456. The minimum atomic E-state index is -3.93. The van der Waals surface area contributed by atoms with Gasteiger partial charge < -0.3 is 9.57 Å². The maximum absolute atomic E-state index is 14.7. The van der Waals surface area contributed by atoms with Crippen molar-refractivity contribution in [1.82, 2.24) is 14.0 Å². The molecule has 1 saturated carbocycles. The zero-order valence-corrected chi connectivity index (χ0v) is 19.8. The normalized spacial score (nSPS) is 17.4. The minimum Gasteiger partial charge on any atom is -0.453 e. The lowest BCUT2D eigenvalue weighted by Crippen LogP contribution is -2.64. The standard InChI is InChI=1S/C23H22FN5O5S/c1-14-8-23(9-14)11-28(12-23)35(31,32)27-20-6-4-18(24)21(17(20)10-25)34-15-3-5-19-16(7-15)22(30)29(33-2)13-26-19/h3-7,13-14,27H,8-9,11-12H2,1-2H3. The van der Waals surface area contributed by atoms with E-state index in [4.69, 9.17) is 9.57 Å². The average molecular weight is 500 g/mol. The number of aromatic nitrogens is 2. The van der Waals surface area contributed by atoms with Crippen LogP contribution in [0.4, 0.5) is 10.1 Å². The van der Waals surface area contributed by atoms with Crippen LogP contribution in [0.3, 0.4) is 0 Å². The minimum absolute atomic E-state index is 0.0512. The van der Waals surface area contributed by atoms with E-state index in [1.165, 1.54) is 42.0 Å². The SMILES string of the molecule is COn1cnc2ccc(Oc3c(F)ccc(NS(=O)(=O)N4CC5(CC(C)C5)C4)c3C#N)cc2c1=O. The van der Waals surface area contributed by atoms with Crippen LogP contribution in [-0.4, -0.2) is 42.6 Å². The molecule has 1 aromatic heterocycles. The van der Waals surface area contributed by atoms with Gasteiger partial charge in [-0.2, -0.15) is 18.0 Å². The van der Waals surface area contributed by atoms with E-state index < -0.39 is 27.3 Å². The van der Waals surface area contributed by atoms with Gasteiger partial charge in [0.2, 0.25) is 0 Å². The molecule has 2 fully saturated rings. The van der Waals surface area contributed by atoms with Crippen LogP contribution in [0.2, 0.25) is 0 Å². The third-order valence-electron chi connectivity index (χ3n) is 6.50. The van der Waals surface area contributed by atoms with E-state index in [9.17, 15) is 22.9 Å². The fourth-order valence-electron chi connectivity index (χ4n) is 5.00. The average Bonchev–Trinajstić information content (AvgIpc) is 2.78. The Kier molecular flexibility index (Phi) is 5.41. The summed E-state index contributed by atoms with van der Waals surface area (Å²) in [6, 6.07) is 8.33. The molecular weight excluding hydrogens is 477 g/mol. The van der Waals surface area contributed by atoms with Gasteiger partial charge in [-0.1, -0.05) is 6.92 Å². The van der Waals surface area contributed by atoms with Crippen LogP contribution >= 0.6 is 0 Å². The van der Waals surface area contributed by atoms with Crippen molar-refractivity contribution in [3.63, 3.8) is 0 Å². The first kappa shape index (κ1) is 23.1. The quantitative estimate of drug-likeness (QED) is 0.552. The molecule has 1 N–H and O–H groups in total. The first-order valence-electron chi connectivity index (χ1n) is 10.9. The molecule has 2 aromatic carbocycles. The van der Waals surface area contributed by atoms with E-state index >= 15 is 0 Å². The van der Waals surface area contributed by atoms with E-state index in [1.54, 1.807) is 0 Å². The molecule has 3 aromatic rings. The summed E-state index contributed by atoms with van der Waals surface area (Å²) in [6.07, 6.45) is 3.21. The second-order valence-electron chi connectivity index (χ2n) is 9.14. The van der Waals surface area contributed by atoms with Crippen molar-refractivity contribution in [3.8, 4) is 17.6 Å². The van der Waals surface area contributed by atoms with Gasteiger partial charge in [0.05, 0.1) is 16.6 Å². The van der Waals surface area contributed by atoms with Crippen molar-refractivity contribution < 1.29 is 22.4 Å². The number of nitrogens with zero attached hydrogens (tertiary/aromatic N) is 4. The van der Waals surface area contributed by atoms with Crippen molar-refractivity contribution >= 4 is 26.8 Å². The third kappa shape index (κ3) is 3.96. The fraction of sp³-hybridized carbons (Fsp3) is 0.348. The summed E-state index contributed by atoms with van der Waals surface area (Å²) in [5.74, 6) is -0.671. The summed E-state index contributed by atoms with van der Waals surface area (Å²) in [7, 11) is -2.62. The Balaban J connectivity index is 1.43. The second kappa shape index (κ2) is 8.21. The highest BCUT2D eigenvalue weighted by atomic mass is 32.2. The summed E-state index contributed by atoms with van der Waals surface area (Å²) < 4.78 is 50.7. The predicted octanol–water partition coefficient (Wildman–Crippen LogP) is 2.65. The molecule has 0 atom stereocenters. The molecule has 35 heavy (non-hydrogen) atoms. The van der Waals surface area contributed by atoms with Gasteiger partial charge in [-0.3, -0.25) is 9.52 Å². The lowest BCUT2D eigenvalue weighted by Gasteiger charge is -2.57. The predicted molar refractivity (Wildman–Crippen MR) is 125 cm³/mol. The van der Waals surface area contributed by atoms with Crippen LogP contribution < -0.4 is 19.9 Å². The number of nitrogens with one attached hydrogen (secondary N) is 1. The topological polar surface area (TPSA) is 127 Å². The van der Waals surface area contributed by atoms with Gasteiger partial charge in [-0.25, -0.2) is 9.37 Å². The largest absolute Gasteiger partial charge is 0.453 e. The Morgan fingerprint density at radius 3 is 2.66 bits per heavy atom. The number of ether oxygens (including phenoxy) is 1. The van der Waals surface area contributed by atoms with Crippen molar-refractivity contribution in [1.29, 1.82) is 5.26 Å². The van der Waals surface area contributed by atoms with E-state index in [0.29, 0.717) is 24.5 Å². The molecule has 0 unspecified atom stereocenters. The van der Waals surface area contributed by atoms with E-state index in [0.717, 1.165) is 23.6 Å². The summed E-state index contributed by atoms with van der Waals surface area (Å²) in [5.41, 5.74) is -0.502. The molecule has 2 aliphatic rings. The second-order valence-corrected chi connectivity index (χ2v) is 10.8. The summed E-state index contributed by atoms with van der Waals surface area (Å²) in [4.78, 5) is 21.5. The lowest BCUT2D eigenvalue weighted by atomic mass is 9.59. The van der Waals surface area contributed by atoms with Gasteiger partial charge in [0.15, 0.2) is 11.6 Å². The molecule has 0 radical (unpaired) electrons. The number of hydrogen-bond acceptors (Lipinski definition) is 7. The highest BCUT2D eigenvalue weighted by Crippen LogP contribution is 2.52. The van der Waals surface area contributed by atoms with Gasteiger partial charge >= 0.3 is 10.2 Å². The zero-order valence-electron chi connectivity index (χ0n) is 19.0. The zero-order chi connectivity index (χ0) is 25.0. The van der Waals surface area contributed by atoms with Gasteiger partial charge in [0.1, 0.15) is 30.8 Å². The molecule has 5 rings (SSSR count). The Bertz CT molecular complexity index is 1530. The highest BCUT2D eigenvalue weighted by Gasteiger charge is 2.54. The number of benzene rings is 2. The smallest absolute Gasteiger partial charge is 0.301 e. The molecule has 12 heteroatoms. The fourth-order valence-corrected chi connectivity index (χ4v) is 6.47. The summed E-state index contributed by atoms with van der Waals surface area (Å²) in [5, 5.41) is 9.88. The highest BCUT2D eigenvalue weighted by molar-refractivity contribution is 7.90. The Hall–Kier alpha value is -3.69. The van der Waals surface area contributed by atoms with Crippen molar-refractivity contribution in [2.24, 2.45) is 11.3 Å². The van der Waals surface area contributed by atoms with Crippen molar-refractivity contribution in [3.05, 3.63) is 58.4 Å². The molecule has 2 heterocycles. The molecule has 0 bridgehead atoms. The van der Waals surface area contributed by atoms with Gasteiger partial charge in [0, 0.05) is 13.1 Å². The number of hydrogen-bond donors (Lipinski definition) is 1. The van der Waals surface area contributed by atoms with Crippen LogP contribution in [-0.2, 0) is 10.2 Å². The van der Waals surface area contributed by atoms with Crippen molar-refractivity contribution in [2.45, 2.75) is 19.8 Å². The molecule has 1 aliphatic carbocycles. The number of anilines is 1. The van der Waals surface area contributed by atoms with Gasteiger partial charge in [-0.15, -0.1) is 4.73 Å². The molecule has 10 nitrogen and oxygen atoms in total. The van der Waals surface area contributed by atoms with Gasteiger partial charge in [0.25, 0.3) is 5.56 Å². The summed E-state index contributed by atoms with van der Waals surface area (Å²) >= 11 is 0. The monoisotopic (exact) mass is 499 g/mol. The number of halogens is 1. The molecule has 1 spiro atoms. The number of fused-ring (bicyclic) bond motifs is 1. The summed E-state index contributed by atoms with van der Waals surface area (Å²) in [6.45, 7) is 2.98. The van der Waals surface area contributed by atoms with E-state index in [1.807, 2.05) is 6.07 Å². The maximum Gasteiger partial charge on any atom is 0.301 e. The molecule has 0 amide bonds. The molecular formula is C23H22FN5O5S. The van der Waals surface area contributed by atoms with Crippen LogP contribution in [0, 0.1) is 28.5 Å². The number of nitriles is 1. The molecule has 1 saturated heterocycles. The first-order valence-corrected chi connectivity index (χ1v) is 12.3. The number of rotatable bonds is 6. The van der Waals surface area contributed by atoms with Gasteiger partial charge in [-0.05, 0) is 54.5 Å². The molecule has 1 aliphatic heterocycles.